The van der Waals surface area contributed by atoms with Crippen molar-refractivity contribution in [2.75, 3.05) is 19.6 Å². The van der Waals surface area contributed by atoms with E-state index in [0.717, 1.165) is 25.1 Å². The second-order valence-corrected chi connectivity index (χ2v) is 6.47. The van der Waals surface area contributed by atoms with Crippen LogP contribution in [-0.2, 0) is 19.3 Å². The highest BCUT2D eigenvalue weighted by molar-refractivity contribution is 5.69. The summed E-state index contributed by atoms with van der Waals surface area (Å²) in [5.74, 6) is 1.01. The minimum absolute atomic E-state index is 0.992. The number of likely N-dealkylation sites (tertiary alicyclic amines) is 1. The van der Waals surface area contributed by atoms with E-state index in [1.54, 1.807) is 0 Å². The normalized spacial score (nSPS) is 17.3. The Morgan fingerprint density at radius 1 is 1.00 bits per heavy atom. The van der Waals surface area contributed by atoms with Crippen molar-refractivity contribution >= 4 is 0 Å². The molecule has 1 aromatic carbocycles. The topological polar surface area (TPSA) is 29.0 Å². The minimum Gasteiger partial charge on any atom is -0.303 e. The lowest BCUT2D eigenvalue weighted by Gasteiger charge is -2.19. The van der Waals surface area contributed by atoms with Gasteiger partial charge in [-0.15, -0.1) is 0 Å². The van der Waals surface area contributed by atoms with Gasteiger partial charge in [0.25, 0.3) is 0 Å². The average molecular weight is 293 g/mol. The van der Waals surface area contributed by atoms with E-state index >= 15 is 0 Å². The van der Waals surface area contributed by atoms with Crippen LogP contribution in [0.15, 0.2) is 30.5 Å². The van der Waals surface area contributed by atoms with E-state index in [1.807, 2.05) is 0 Å². The third-order valence-corrected chi connectivity index (χ3v) is 4.92. The molecule has 0 spiro atoms. The standard InChI is InChI=1S/C19H23N3/c1-2-7-17-15(6-1)9-10-16-14-20-18(21-19(16)17)8-5-13-22-11-3-4-12-22/h1-2,6-7,14H,3-5,8-13H2. The molecule has 114 valence electrons. The molecule has 1 saturated heterocycles. The van der Waals surface area contributed by atoms with E-state index in [0.29, 0.717) is 0 Å². The Morgan fingerprint density at radius 2 is 1.82 bits per heavy atom. The fourth-order valence-corrected chi connectivity index (χ4v) is 3.69. The van der Waals surface area contributed by atoms with Crippen LogP contribution in [-0.4, -0.2) is 34.5 Å². The zero-order chi connectivity index (χ0) is 14.8. The number of nitrogens with zero attached hydrogens (tertiary/aromatic N) is 3. The molecule has 0 bridgehead atoms. The summed E-state index contributed by atoms with van der Waals surface area (Å²) in [4.78, 5) is 12.1. The highest BCUT2D eigenvalue weighted by Gasteiger charge is 2.18. The molecule has 0 N–H and O–H groups in total. The Kier molecular flexibility index (Phi) is 3.90. The number of aryl methyl sites for hydroxylation is 3. The van der Waals surface area contributed by atoms with Crippen LogP contribution in [0.4, 0.5) is 0 Å². The highest BCUT2D eigenvalue weighted by atomic mass is 15.1. The number of rotatable bonds is 4. The molecule has 0 unspecified atom stereocenters. The van der Waals surface area contributed by atoms with Crippen molar-refractivity contribution in [1.29, 1.82) is 0 Å². The summed E-state index contributed by atoms with van der Waals surface area (Å²) in [5.41, 5.74) is 5.22. The van der Waals surface area contributed by atoms with E-state index in [-0.39, 0.29) is 0 Å². The monoisotopic (exact) mass is 293 g/mol. The molecule has 1 aromatic heterocycles. The molecular weight excluding hydrogens is 270 g/mol. The Balaban J connectivity index is 1.49. The van der Waals surface area contributed by atoms with Crippen LogP contribution in [0, 0.1) is 0 Å². The van der Waals surface area contributed by atoms with Crippen LogP contribution in [0.5, 0.6) is 0 Å². The van der Waals surface area contributed by atoms with Crippen LogP contribution in [0.1, 0.15) is 36.2 Å². The summed E-state index contributed by atoms with van der Waals surface area (Å²) < 4.78 is 0. The second kappa shape index (κ2) is 6.17. The van der Waals surface area contributed by atoms with Crippen molar-refractivity contribution in [3.8, 4) is 11.3 Å². The van der Waals surface area contributed by atoms with Crippen molar-refractivity contribution in [3.05, 3.63) is 47.4 Å². The fourth-order valence-electron chi connectivity index (χ4n) is 3.69. The SMILES string of the molecule is c1ccc2c(c1)CCc1cnc(CCCN3CCCC3)nc1-2. The summed E-state index contributed by atoms with van der Waals surface area (Å²) in [5, 5.41) is 0. The van der Waals surface area contributed by atoms with Crippen molar-refractivity contribution in [3.63, 3.8) is 0 Å². The summed E-state index contributed by atoms with van der Waals surface area (Å²) >= 11 is 0. The maximum atomic E-state index is 4.89. The van der Waals surface area contributed by atoms with Gasteiger partial charge < -0.3 is 4.90 Å². The first-order valence-electron chi connectivity index (χ1n) is 8.55. The highest BCUT2D eigenvalue weighted by Crippen LogP contribution is 2.31. The van der Waals surface area contributed by atoms with E-state index in [9.17, 15) is 0 Å². The van der Waals surface area contributed by atoms with E-state index in [1.165, 1.54) is 61.3 Å². The number of benzene rings is 1. The van der Waals surface area contributed by atoms with Gasteiger partial charge in [-0.05, 0) is 62.9 Å². The molecule has 22 heavy (non-hydrogen) atoms. The quantitative estimate of drug-likeness (QED) is 0.866. The lowest BCUT2D eigenvalue weighted by atomic mass is 9.90. The zero-order valence-electron chi connectivity index (χ0n) is 13.1. The maximum absolute atomic E-state index is 4.89. The Bertz CT molecular complexity index is 659. The van der Waals surface area contributed by atoms with Crippen LogP contribution in [0.2, 0.25) is 0 Å². The molecule has 0 atom stereocenters. The van der Waals surface area contributed by atoms with Gasteiger partial charge in [0.15, 0.2) is 0 Å². The number of fused-ring (bicyclic) bond motifs is 3. The van der Waals surface area contributed by atoms with E-state index < -0.39 is 0 Å². The van der Waals surface area contributed by atoms with Gasteiger partial charge in [0.05, 0.1) is 5.69 Å². The third kappa shape index (κ3) is 2.78. The lowest BCUT2D eigenvalue weighted by Crippen LogP contribution is -2.21. The number of hydrogen-bond acceptors (Lipinski definition) is 3. The van der Waals surface area contributed by atoms with Gasteiger partial charge in [-0.1, -0.05) is 24.3 Å². The van der Waals surface area contributed by atoms with Crippen LogP contribution < -0.4 is 0 Å². The molecule has 1 aliphatic heterocycles. The molecule has 3 nitrogen and oxygen atoms in total. The smallest absolute Gasteiger partial charge is 0.129 e. The van der Waals surface area contributed by atoms with Crippen molar-refractivity contribution in [1.82, 2.24) is 14.9 Å². The molecule has 1 fully saturated rings. The van der Waals surface area contributed by atoms with Gasteiger partial charge >= 0.3 is 0 Å². The second-order valence-electron chi connectivity index (χ2n) is 6.47. The third-order valence-electron chi connectivity index (χ3n) is 4.92. The number of hydrogen-bond donors (Lipinski definition) is 0. The van der Waals surface area contributed by atoms with Gasteiger partial charge in [-0.3, -0.25) is 0 Å². The van der Waals surface area contributed by atoms with Gasteiger partial charge in [0.2, 0.25) is 0 Å². The Labute approximate surface area is 132 Å². The lowest BCUT2D eigenvalue weighted by molar-refractivity contribution is 0.333. The molecule has 0 radical (unpaired) electrons. The predicted octanol–water partition coefficient (Wildman–Crippen LogP) is 3.27. The minimum atomic E-state index is 0.992. The Morgan fingerprint density at radius 3 is 2.73 bits per heavy atom. The molecule has 2 aliphatic rings. The largest absolute Gasteiger partial charge is 0.303 e. The van der Waals surface area contributed by atoms with Gasteiger partial charge in [-0.25, -0.2) is 9.97 Å². The molecule has 3 heteroatoms. The van der Waals surface area contributed by atoms with Gasteiger partial charge in [-0.2, -0.15) is 0 Å². The summed E-state index contributed by atoms with van der Waals surface area (Å²) in [6, 6.07) is 8.67. The molecule has 1 aliphatic carbocycles. The zero-order valence-corrected chi connectivity index (χ0v) is 13.1. The van der Waals surface area contributed by atoms with Crippen molar-refractivity contribution < 1.29 is 0 Å². The number of aromatic nitrogens is 2. The summed E-state index contributed by atoms with van der Waals surface area (Å²) in [7, 11) is 0. The van der Waals surface area contributed by atoms with Crippen molar-refractivity contribution in [2.24, 2.45) is 0 Å². The van der Waals surface area contributed by atoms with Gasteiger partial charge in [0, 0.05) is 18.2 Å². The molecule has 2 heterocycles. The van der Waals surface area contributed by atoms with E-state index in [4.69, 9.17) is 4.98 Å². The molecule has 2 aromatic rings. The molecule has 4 rings (SSSR count). The van der Waals surface area contributed by atoms with Gasteiger partial charge in [0.1, 0.15) is 5.82 Å². The average Bonchev–Trinajstić information content (AvgIpc) is 3.08. The summed E-state index contributed by atoms with van der Waals surface area (Å²) in [6.07, 6.45) is 9.13. The van der Waals surface area contributed by atoms with Crippen LogP contribution >= 0.6 is 0 Å². The molecule has 0 amide bonds. The first kappa shape index (κ1) is 13.9. The predicted molar refractivity (Wildman–Crippen MR) is 88.9 cm³/mol. The first-order chi connectivity index (χ1) is 10.9. The molecule has 0 saturated carbocycles. The summed E-state index contributed by atoms with van der Waals surface area (Å²) in [6.45, 7) is 3.74. The Hall–Kier alpha value is -1.74. The van der Waals surface area contributed by atoms with E-state index in [2.05, 4.69) is 40.3 Å². The van der Waals surface area contributed by atoms with Crippen LogP contribution in [0.25, 0.3) is 11.3 Å². The van der Waals surface area contributed by atoms with Crippen LogP contribution in [0.3, 0.4) is 0 Å². The first-order valence-corrected chi connectivity index (χ1v) is 8.55. The molecular formula is C19H23N3. The fraction of sp³-hybridized carbons (Fsp3) is 0.474. The maximum Gasteiger partial charge on any atom is 0.129 e. The van der Waals surface area contributed by atoms with Crippen molar-refractivity contribution in [2.45, 2.75) is 38.5 Å².